The maximum Gasteiger partial charge on any atom is 0.328 e. The van der Waals surface area contributed by atoms with Gasteiger partial charge in [-0.25, -0.2) is 4.79 Å². The van der Waals surface area contributed by atoms with Crippen LogP contribution in [0, 0.1) is 22.7 Å². The minimum absolute atomic E-state index is 0.0285. The molecule has 26 heavy (non-hydrogen) atoms. The first-order valence-corrected chi connectivity index (χ1v) is 9.72. The van der Waals surface area contributed by atoms with E-state index in [-0.39, 0.29) is 22.9 Å². The Morgan fingerprint density at radius 3 is 2.54 bits per heavy atom. The molecule has 1 saturated carbocycles. The van der Waals surface area contributed by atoms with Crippen molar-refractivity contribution < 1.29 is 19.4 Å². The van der Waals surface area contributed by atoms with Crippen LogP contribution in [0.3, 0.4) is 0 Å². The van der Waals surface area contributed by atoms with Gasteiger partial charge in [-0.2, -0.15) is 0 Å². The number of esters is 1. The van der Waals surface area contributed by atoms with Crippen LogP contribution in [-0.2, 0) is 14.3 Å². The SMILES string of the molecule is CC(=O)O[C@H]1CC[C@@]2(C)[C@@H](CC/C(C)=C/C(=O)O)C(C)=CC[C@H]2C1(C)C. The summed E-state index contributed by atoms with van der Waals surface area (Å²) in [7, 11) is 0. The predicted octanol–water partition coefficient (Wildman–Crippen LogP) is 5.14. The van der Waals surface area contributed by atoms with Gasteiger partial charge in [0.05, 0.1) is 0 Å². The molecule has 0 aromatic rings. The van der Waals surface area contributed by atoms with Crippen molar-refractivity contribution in [2.24, 2.45) is 22.7 Å². The summed E-state index contributed by atoms with van der Waals surface area (Å²) in [6.07, 6.45) is 8.38. The summed E-state index contributed by atoms with van der Waals surface area (Å²) in [5.74, 6) is -0.174. The Kier molecular flexibility index (Phi) is 6.04. The van der Waals surface area contributed by atoms with Gasteiger partial charge in [0, 0.05) is 18.4 Å². The Labute approximate surface area is 157 Å². The Morgan fingerprint density at radius 1 is 1.31 bits per heavy atom. The van der Waals surface area contributed by atoms with Crippen molar-refractivity contribution in [3.63, 3.8) is 0 Å². The molecule has 146 valence electrons. The Balaban J connectivity index is 2.25. The molecule has 0 bridgehead atoms. The lowest BCUT2D eigenvalue weighted by Gasteiger charge is -2.59. The first kappa shape index (κ1) is 20.7. The molecule has 2 aliphatic rings. The molecule has 4 atom stereocenters. The summed E-state index contributed by atoms with van der Waals surface area (Å²) in [5, 5.41) is 8.95. The molecule has 1 fully saturated rings. The number of allylic oxidation sites excluding steroid dienone is 3. The zero-order chi connectivity index (χ0) is 19.7. The second-order valence-corrected chi connectivity index (χ2v) is 9.12. The first-order valence-electron chi connectivity index (χ1n) is 9.72. The van der Waals surface area contributed by atoms with Crippen LogP contribution in [0.1, 0.15) is 73.6 Å². The van der Waals surface area contributed by atoms with Crippen LogP contribution in [-0.4, -0.2) is 23.1 Å². The van der Waals surface area contributed by atoms with E-state index in [1.165, 1.54) is 18.6 Å². The van der Waals surface area contributed by atoms with E-state index in [2.05, 4.69) is 33.8 Å². The number of hydrogen-bond acceptors (Lipinski definition) is 3. The molecule has 0 heterocycles. The van der Waals surface area contributed by atoms with E-state index in [0.29, 0.717) is 11.8 Å². The van der Waals surface area contributed by atoms with Crippen LogP contribution < -0.4 is 0 Å². The molecular weight excluding hydrogens is 328 g/mol. The summed E-state index contributed by atoms with van der Waals surface area (Å²) in [6, 6.07) is 0. The van der Waals surface area contributed by atoms with Crippen molar-refractivity contribution in [3.8, 4) is 0 Å². The summed E-state index contributed by atoms with van der Waals surface area (Å²) in [5.41, 5.74) is 2.43. The predicted molar refractivity (Wildman–Crippen MR) is 103 cm³/mol. The van der Waals surface area contributed by atoms with E-state index >= 15 is 0 Å². The fourth-order valence-corrected chi connectivity index (χ4v) is 5.64. The number of aliphatic carboxylic acids is 1. The Morgan fingerprint density at radius 2 is 1.96 bits per heavy atom. The van der Waals surface area contributed by atoms with E-state index < -0.39 is 5.97 Å². The largest absolute Gasteiger partial charge is 0.478 e. The minimum Gasteiger partial charge on any atom is -0.478 e. The highest BCUT2D eigenvalue weighted by atomic mass is 16.5. The molecule has 0 radical (unpaired) electrons. The van der Waals surface area contributed by atoms with Gasteiger partial charge >= 0.3 is 11.9 Å². The highest BCUT2D eigenvalue weighted by Crippen LogP contribution is 2.61. The molecule has 0 spiro atoms. The molecule has 0 aromatic heterocycles. The van der Waals surface area contributed by atoms with Gasteiger partial charge in [-0.1, -0.05) is 38.0 Å². The number of carbonyl (C=O) groups is 2. The van der Waals surface area contributed by atoms with Gasteiger partial charge < -0.3 is 9.84 Å². The summed E-state index contributed by atoms with van der Waals surface area (Å²) in [6.45, 7) is 12.5. The first-order chi connectivity index (χ1) is 12.0. The zero-order valence-electron chi connectivity index (χ0n) is 17.1. The van der Waals surface area contributed by atoms with Crippen LogP contribution in [0.4, 0.5) is 0 Å². The second kappa shape index (κ2) is 7.58. The number of hydrogen-bond donors (Lipinski definition) is 1. The highest BCUT2D eigenvalue weighted by Gasteiger charge is 2.56. The van der Waals surface area contributed by atoms with Crippen molar-refractivity contribution in [1.82, 2.24) is 0 Å². The third-order valence-electron chi connectivity index (χ3n) is 7.00. The number of fused-ring (bicyclic) bond motifs is 1. The molecule has 0 saturated heterocycles. The quantitative estimate of drug-likeness (QED) is 0.418. The molecule has 2 rings (SSSR count). The maximum absolute atomic E-state index is 11.5. The van der Waals surface area contributed by atoms with E-state index in [0.717, 1.165) is 37.7 Å². The van der Waals surface area contributed by atoms with Gasteiger partial charge in [0.15, 0.2) is 0 Å². The summed E-state index contributed by atoms with van der Waals surface area (Å²) in [4.78, 5) is 22.4. The van der Waals surface area contributed by atoms with E-state index in [9.17, 15) is 9.59 Å². The third kappa shape index (κ3) is 4.05. The summed E-state index contributed by atoms with van der Waals surface area (Å²) < 4.78 is 5.67. The molecule has 2 aliphatic carbocycles. The van der Waals surface area contributed by atoms with Crippen LogP contribution in [0.25, 0.3) is 0 Å². The lowest BCUT2D eigenvalue weighted by atomic mass is 9.47. The lowest BCUT2D eigenvalue weighted by Crippen LogP contribution is -2.55. The number of carbonyl (C=O) groups excluding carboxylic acids is 1. The van der Waals surface area contributed by atoms with Gasteiger partial charge in [0.1, 0.15) is 6.10 Å². The fourth-order valence-electron chi connectivity index (χ4n) is 5.64. The molecule has 0 aliphatic heterocycles. The number of carboxylic acid groups (broad SMARTS) is 1. The van der Waals surface area contributed by atoms with Crippen molar-refractivity contribution in [3.05, 3.63) is 23.3 Å². The molecule has 4 nitrogen and oxygen atoms in total. The Bertz CT molecular complexity index is 628. The number of carboxylic acids is 1. The molecule has 0 aromatic carbocycles. The van der Waals surface area contributed by atoms with Gasteiger partial charge in [0.25, 0.3) is 0 Å². The van der Waals surface area contributed by atoms with Crippen LogP contribution in [0.15, 0.2) is 23.3 Å². The van der Waals surface area contributed by atoms with Crippen molar-refractivity contribution in [2.45, 2.75) is 79.8 Å². The average molecular weight is 363 g/mol. The smallest absolute Gasteiger partial charge is 0.328 e. The van der Waals surface area contributed by atoms with Gasteiger partial charge in [-0.3, -0.25) is 4.79 Å². The van der Waals surface area contributed by atoms with Gasteiger partial charge in [-0.15, -0.1) is 0 Å². The van der Waals surface area contributed by atoms with Crippen molar-refractivity contribution >= 4 is 11.9 Å². The van der Waals surface area contributed by atoms with Crippen LogP contribution in [0.5, 0.6) is 0 Å². The van der Waals surface area contributed by atoms with Crippen LogP contribution >= 0.6 is 0 Å². The van der Waals surface area contributed by atoms with Crippen LogP contribution in [0.2, 0.25) is 0 Å². The molecule has 1 N–H and O–H groups in total. The van der Waals surface area contributed by atoms with E-state index in [1.807, 2.05) is 6.92 Å². The number of ether oxygens (including phenoxy) is 1. The third-order valence-corrected chi connectivity index (χ3v) is 7.00. The van der Waals surface area contributed by atoms with Crippen molar-refractivity contribution in [2.75, 3.05) is 0 Å². The van der Waals surface area contributed by atoms with Gasteiger partial charge in [0.2, 0.25) is 0 Å². The molecule has 4 heteroatoms. The normalized spacial score (nSPS) is 33.8. The molecule has 0 unspecified atom stereocenters. The lowest BCUT2D eigenvalue weighted by molar-refractivity contribution is -0.171. The zero-order valence-corrected chi connectivity index (χ0v) is 17.1. The monoisotopic (exact) mass is 362 g/mol. The fraction of sp³-hybridized carbons (Fsp3) is 0.727. The minimum atomic E-state index is -0.870. The van der Waals surface area contributed by atoms with E-state index in [4.69, 9.17) is 9.84 Å². The topological polar surface area (TPSA) is 63.6 Å². The van der Waals surface area contributed by atoms with Crippen molar-refractivity contribution in [1.29, 1.82) is 0 Å². The maximum atomic E-state index is 11.5. The Hall–Kier alpha value is -1.58. The highest BCUT2D eigenvalue weighted by molar-refractivity contribution is 5.80. The van der Waals surface area contributed by atoms with E-state index in [1.54, 1.807) is 0 Å². The molecular formula is C22H34O4. The molecule has 0 amide bonds. The van der Waals surface area contributed by atoms with Gasteiger partial charge in [-0.05, 0) is 63.2 Å². The summed E-state index contributed by atoms with van der Waals surface area (Å²) >= 11 is 0. The second-order valence-electron chi connectivity index (χ2n) is 9.12. The standard InChI is InChI=1S/C22H34O4/c1-14(13-20(24)25)7-9-17-15(2)8-10-18-21(4,5)19(26-16(3)23)11-12-22(17,18)6/h8,13,17-19H,7,9-12H2,1-6H3,(H,24,25)/b14-13+/t17-,18-,19-,22-/m0/s1. The number of rotatable bonds is 5. The average Bonchev–Trinajstić information content (AvgIpc) is 2.48.